The maximum Gasteiger partial charge on any atom is 0.137 e. The number of hydrogen-bond donors (Lipinski definition) is 3. The zero-order valence-corrected chi connectivity index (χ0v) is 14.0. The van der Waals surface area contributed by atoms with Gasteiger partial charge in [-0.25, -0.2) is 9.97 Å². The molecule has 1 saturated heterocycles. The Morgan fingerprint density at radius 1 is 1.29 bits per heavy atom. The highest BCUT2D eigenvalue weighted by atomic mass is 15.2. The summed E-state index contributed by atoms with van der Waals surface area (Å²) in [7, 11) is 0. The van der Waals surface area contributed by atoms with Crippen LogP contribution in [0.1, 0.15) is 17.5 Å². The van der Waals surface area contributed by atoms with Crippen LogP contribution in [0.3, 0.4) is 0 Å². The molecule has 4 rings (SSSR count). The molecule has 3 aromatic rings. The molecule has 0 saturated carbocycles. The Bertz CT molecular complexity index is 884. The van der Waals surface area contributed by atoms with E-state index in [1.54, 1.807) is 0 Å². The number of nitrogens with one attached hydrogen (secondary N) is 2. The third-order valence-corrected chi connectivity index (χ3v) is 4.73. The van der Waals surface area contributed by atoms with Gasteiger partial charge in [0.05, 0.1) is 29.8 Å². The number of nitrogens with zero attached hydrogens (tertiary/aromatic N) is 3. The van der Waals surface area contributed by atoms with Crippen molar-refractivity contribution >= 4 is 11.5 Å². The lowest BCUT2D eigenvalue weighted by molar-refractivity contribution is 0.587. The maximum absolute atomic E-state index is 6.05. The number of imidazole rings is 1. The van der Waals surface area contributed by atoms with Crippen molar-refractivity contribution in [3.8, 4) is 11.4 Å². The van der Waals surface area contributed by atoms with Crippen molar-refractivity contribution in [2.45, 2.75) is 32.5 Å². The van der Waals surface area contributed by atoms with Gasteiger partial charge in [0.25, 0.3) is 0 Å². The second kappa shape index (κ2) is 5.89. The molecule has 24 heavy (non-hydrogen) atoms. The molecule has 0 amide bonds. The van der Waals surface area contributed by atoms with Gasteiger partial charge >= 0.3 is 0 Å². The lowest BCUT2D eigenvalue weighted by atomic mass is 10.2. The maximum atomic E-state index is 6.05. The zero-order valence-electron chi connectivity index (χ0n) is 14.0. The molecular formula is C18H22N6. The Morgan fingerprint density at radius 3 is 2.96 bits per heavy atom. The van der Waals surface area contributed by atoms with Gasteiger partial charge in [0, 0.05) is 6.20 Å². The van der Waals surface area contributed by atoms with E-state index in [0.717, 1.165) is 35.8 Å². The van der Waals surface area contributed by atoms with Gasteiger partial charge in [0.2, 0.25) is 0 Å². The smallest absolute Gasteiger partial charge is 0.137 e. The predicted molar refractivity (Wildman–Crippen MR) is 95.9 cm³/mol. The highest BCUT2D eigenvalue weighted by Gasteiger charge is 2.23. The largest absolute Gasteiger partial charge is 0.364 e. The van der Waals surface area contributed by atoms with Crippen LogP contribution in [-0.4, -0.2) is 33.1 Å². The summed E-state index contributed by atoms with van der Waals surface area (Å²) in [5, 5.41) is 6.67. The van der Waals surface area contributed by atoms with E-state index in [2.05, 4.69) is 46.1 Å². The van der Waals surface area contributed by atoms with Gasteiger partial charge in [0.1, 0.15) is 11.5 Å². The van der Waals surface area contributed by atoms with Crippen LogP contribution < -0.4 is 16.4 Å². The molecule has 2 atom stereocenters. The van der Waals surface area contributed by atoms with E-state index in [1.807, 2.05) is 24.4 Å². The number of nitrogens with two attached hydrogens (primary N) is 1. The first-order chi connectivity index (χ1) is 11.6. The van der Waals surface area contributed by atoms with Gasteiger partial charge in [-0.3, -0.25) is 4.40 Å². The minimum absolute atomic E-state index is 0.0307. The Morgan fingerprint density at radius 2 is 2.17 bits per heavy atom. The van der Waals surface area contributed by atoms with Gasteiger partial charge < -0.3 is 16.4 Å². The third-order valence-electron chi connectivity index (χ3n) is 4.73. The van der Waals surface area contributed by atoms with E-state index in [4.69, 9.17) is 10.7 Å². The first-order valence-corrected chi connectivity index (χ1v) is 8.29. The molecule has 6 heteroatoms. The van der Waals surface area contributed by atoms with Gasteiger partial charge in [-0.2, -0.15) is 0 Å². The summed E-state index contributed by atoms with van der Waals surface area (Å²) in [5.41, 5.74) is 11.4. The second-order valence-corrected chi connectivity index (χ2v) is 6.44. The number of hydrogen-bond acceptors (Lipinski definition) is 5. The first-order valence-electron chi connectivity index (χ1n) is 8.29. The quantitative estimate of drug-likeness (QED) is 0.688. The van der Waals surface area contributed by atoms with E-state index in [1.165, 1.54) is 11.1 Å². The minimum atomic E-state index is -0.0307. The van der Waals surface area contributed by atoms with Crippen molar-refractivity contribution in [3.63, 3.8) is 0 Å². The molecule has 1 aliphatic rings. The zero-order chi connectivity index (χ0) is 16.7. The highest BCUT2D eigenvalue weighted by Crippen LogP contribution is 2.23. The van der Waals surface area contributed by atoms with Crippen LogP contribution in [0.5, 0.6) is 0 Å². The van der Waals surface area contributed by atoms with Crippen LogP contribution in [0, 0.1) is 13.8 Å². The summed E-state index contributed by atoms with van der Waals surface area (Å²) in [5.74, 6) is 0.843. The fourth-order valence-corrected chi connectivity index (χ4v) is 3.15. The van der Waals surface area contributed by atoms with Crippen LogP contribution in [0.4, 0.5) is 5.82 Å². The van der Waals surface area contributed by atoms with Gasteiger partial charge in [-0.1, -0.05) is 6.07 Å². The van der Waals surface area contributed by atoms with Crippen LogP contribution in [0.2, 0.25) is 0 Å². The third kappa shape index (κ3) is 2.64. The number of aromatic nitrogens is 3. The normalized spacial score (nSPS) is 20.6. The van der Waals surface area contributed by atoms with Crippen molar-refractivity contribution in [2.24, 2.45) is 5.73 Å². The summed E-state index contributed by atoms with van der Waals surface area (Å²) in [6, 6.07) is 8.31. The van der Waals surface area contributed by atoms with Crippen LogP contribution >= 0.6 is 0 Å². The Labute approximate surface area is 141 Å². The number of aryl methyl sites for hydroxylation is 2. The molecule has 0 aromatic carbocycles. The summed E-state index contributed by atoms with van der Waals surface area (Å²) >= 11 is 0. The fourth-order valence-electron chi connectivity index (χ4n) is 3.15. The summed E-state index contributed by atoms with van der Waals surface area (Å²) in [4.78, 5) is 9.27. The number of rotatable bonds is 3. The molecule has 1 fully saturated rings. The predicted octanol–water partition coefficient (Wildman–Crippen LogP) is 2.07. The van der Waals surface area contributed by atoms with Crippen molar-refractivity contribution in [2.75, 3.05) is 11.9 Å². The van der Waals surface area contributed by atoms with Gasteiger partial charge in [-0.05, 0) is 56.1 Å². The minimum Gasteiger partial charge on any atom is -0.364 e. The molecule has 4 heterocycles. The van der Waals surface area contributed by atoms with E-state index < -0.39 is 0 Å². The molecule has 3 aromatic heterocycles. The molecule has 1 aliphatic heterocycles. The highest BCUT2D eigenvalue weighted by molar-refractivity contribution is 5.62. The summed E-state index contributed by atoms with van der Waals surface area (Å²) < 4.78 is 2.09. The van der Waals surface area contributed by atoms with E-state index >= 15 is 0 Å². The van der Waals surface area contributed by atoms with Crippen LogP contribution in [0.15, 0.2) is 36.7 Å². The second-order valence-electron chi connectivity index (χ2n) is 6.44. The van der Waals surface area contributed by atoms with Crippen molar-refractivity contribution in [1.29, 1.82) is 0 Å². The van der Waals surface area contributed by atoms with Crippen molar-refractivity contribution in [3.05, 3.63) is 47.8 Å². The van der Waals surface area contributed by atoms with Gasteiger partial charge in [-0.15, -0.1) is 0 Å². The lowest BCUT2D eigenvalue weighted by Crippen LogP contribution is -2.42. The average molecular weight is 322 g/mol. The average Bonchev–Trinajstić information content (AvgIpc) is 3.15. The van der Waals surface area contributed by atoms with Crippen molar-refractivity contribution in [1.82, 2.24) is 19.7 Å². The van der Waals surface area contributed by atoms with Crippen LogP contribution in [0.25, 0.3) is 17.0 Å². The topological polar surface area (TPSA) is 80.3 Å². The monoisotopic (exact) mass is 322 g/mol. The first kappa shape index (κ1) is 15.1. The van der Waals surface area contributed by atoms with E-state index in [9.17, 15) is 0 Å². The number of pyridine rings is 2. The van der Waals surface area contributed by atoms with Gasteiger partial charge in [0.15, 0.2) is 0 Å². The molecule has 0 aliphatic carbocycles. The lowest BCUT2D eigenvalue weighted by Gasteiger charge is -2.17. The fraction of sp³-hybridized carbons (Fsp3) is 0.333. The Balaban J connectivity index is 1.69. The Kier molecular flexibility index (Phi) is 3.70. The molecule has 124 valence electrons. The molecule has 6 nitrogen and oxygen atoms in total. The van der Waals surface area contributed by atoms with Crippen LogP contribution in [-0.2, 0) is 0 Å². The molecule has 0 bridgehead atoms. The molecule has 2 unspecified atom stereocenters. The van der Waals surface area contributed by atoms with E-state index in [0.29, 0.717) is 0 Å². The Hall–Kier alpha value is -2.44. The van der Waals surface area contributed by atoms with E-state index in [-0.39, 0.29) is 12.2 Å². The summed E-state index contributed by atoms with van der Waals surface area (Å²) in [6.45, 7) is 5.15. The number of anilines is 1. The standard InChI is InChI=1S/C18H22N6/c1-11-8-17-21-9-15(24(17)10-12(11)2)13-4-3-5-16(22-13)23-14-6-7-20-18(14)19/h3-5,8-10,14,18,20H,6-7,19H2,1-2H3,(H,22,23). The number of fused-ring (bicyclic) bond motifs is 1. The molecule has 4 N–H and O–H groups in total. The molecular weight excluding hydrogens is 300 g/mol. The summed E-state index contributed by atoms with van der Waals surface area (Å²) in [6.07, 6.45) is 4.97. The molecule has 0 radical (unpaired) electrons. The van der Waals surface area contributed by atoms with Crippen molar-refractivity contribution < 1.29 is 0 Å². The SMILES string of the molecule is Cc1cc2ncc(-c3cccc(NC4CCNC4N)n3)n2cc1C. The molecule has 0 spiro atoms.